The number of aliphatic carboxylic acids is 1. The van der Waals surface area contributed by atoms with Crippen LogP contribution in [-0.4, -0.2) is 17.1 Å². The predicted molar refractivity (Wildman–Crippen MR) is 65.2 cm³/mol. The SMILES string of the molecule is CC(CCC(N)CC(=O)O)CCC1CCC1. The highest BCUT2D eigenvalue weighted by molar-refractivity contribution is 5.67. The lowest BCUT2D eigenvalue weighted by Gasteiger charge is -2.26. The zero-order chi connectivity index (χ0) is 12.0. The van der Waals surface area contributed by atoms with E-state index in [-0.39, 0.29) is 12.5 Å². The fourth-order valence-corrected chi connectivity index (χ4v) is 2.27. The number of hydrogen-bond donors (Lipinski definition) is 2. The Morgan fingerprint density at radius 1 is 1.38 bits per heavy atom. The number of carbonyl (C=O) groups is 1. The van der Waals surface area contributed by atoms with Gasteiger partial charge in [0.2, 0.25) is 0 Å². The first kappa shape index (κ1) is 13.5. The van der Waals surface area contributed by atoms with E-state index in [1.165, 1.54) is 32.1 Å². The minimum absolute atomic E-state index is 0.106. The molecule has 0 saturated heterocycles. The van der Waals surface area contributed by atoms with Crippen molar-refractivity contribution in [1.82, 2.24) is 0 Å². The number of carboxylic acids is 1. The first-order chi connectivity index (χ1) is 7.58. The van der Waals surface area contributed by atoms with Crippen LogP contribution in [0.15, 0.2) is 0 Å². The second kappa shape index (κ2) is 6.89. The van der Waals surface area contributed by atoms with Crippen LogP contribution in [0.4, 0.5) is 0 Å². The maximum Gasteiger partial charge on any atom is 0.304 e. The Morgan fingerprint density at radius 2 is 2.06 bits per heavy atom. The average Bonchev–Trinajstić information content (AvgIpc) is 2.11. The van der Waals surface area contributed by atoms with Gasteiger partial charge in [-0.15, -0.1) is 0 Å². The van der Waals surface area contributed by atoms with Crippen LogP contribution in [0.25, 0.3) is 0 Å². The van der Waals surface area contributed by atoms with Crippen LogP contribution in [-0.2, 0) is 4.79 Å². The smallest absolute Gasteiger partial charge is 0.304 e. The fraction of sp³-hybridized carbons (Fsp3) is 0.923. The molecule has 0 aromatic rings. The first-order valence-electron chi connectivity index (χ1n) is 6.55. The standard InChI is InChI=1S/C13H25NO2/c1-10(5-7-11-3-2-4-11)6-8-12(14)9-13(15)16/h10-12H,2-9,14H2,1H3,(H,15,16). The number of rotatable bonds is 8. The molecule has 1 fully saturated rings. The van der Waals surface area contributed by atoms with E-state index in [1.807, 2.05) is 0 Å². The molecule has 94 valence electrons. The lowest BCUT2D eigenvalue weighted by molar-refractivity contribution is -0.137. The minimum atomic E-state index is -0.783. The fourth-order valence-electron chi connectivity index (χ4n) is 2.27. The topological polar surface area (TPSA) is 63.3 Å². The van der Waals surface area contributed by atoms with Gasteiger partial charge in [-0.3, -0.25) is 4.79 Å². The largest absolute Gasteiger partial charge is 0.481 e. The molecular weight excluding hydrogens is 202 g/mol. The van der Waals surface area contributed by atoms with E-state index in [0.29, 0.717) is 5.92 Å². The Labute approximate surface area is 98.4 Å². The van der Waals surface area contributed by atoms with Crippen molar-refractivity contribution in [3.8, 4) is 0 Å². The monoisotopic (exact) mass is 227 g/mol. The summed E-state index contributed by atoms with van der Waals surface area (Å²) in [6.07, 6.45) is 8.92. The van der Waals surface area contributed by atoms with Crippen LogP contribution in [0, 0.1) is 11.8 Å². The Bertz CT molecular complexity index is 214. The third kappa shape index (κ3) is 5.50. The van der Waals surface area contributed by atoms with E-state index in [1.54, 1.807) is 0 Å². The van der Waals surface area contributed by atoms with Crippen LogP contribution in [0.3, 0.4) is 0 Å². The molecule has 1 rings (SSSR count). The van der Waals surface area contributed by atoms with Gasteiger partial charge in [-0.05, 0) is 24.7 Å². The number of carboxylic acid groups (broad SMARTS) is 1. The Morgan fingerprint density at radius 3 is 2.56 bits per heavy atom. The third-order valence-corrected chi connectivity index (χ3v) is 3.76. The normalized spacial score (nSPS) is 20.1. The van der Waals surface area contributed by atoms with Crippen molar-refractivity contribution in [2.45, 2.75) is 64.3 Å². The molecular formula is C13H25NO2. The Kier molecular flexibility index (Phi) is 5.81. The average molecular weight is 227 g/mol. The van der Waals surface area contributed by atoms with Gasteiger partial charge in [0.1, 0.15) is 0 Å². The quantitative estimate of drug-likeness (QED) is 0.670. The van der Waals surface area contributed by atoms with Gasteiger partial charge in [0.05, 0.1) is 6.42 Å². The van der Waals surface area contributed by atoms with Crippen LogP contribution in [0.2, 0.25) is 0 Å². The van der Waals surface area contributed by atoms with Crippen molar-refractivity contribution in [3.05, 3.63) is 0 Å². The second-order valence-corrected chi connectivity index (χ2v) is 5.41. The summed E-state index contributed by atoms with van der Waals surface area (Å²) in [5, 5.41) is 8.58. The predicted octanol–water partition coefficient (Wildman–Crippen LogP) is 2.79. The molecule has 0 aromatic heterocycles. The van der Waals surface area contributed by atoms with Gasteiger partial charge >= 0.3 is 5.97 Å². The molecule has 2 atom stereocenters. The molecule has 2 unspecified atom stereocenters. The van der Waals surface area contributed by atoms with Gasteiger partial charge in [-0.2, -0.15) is 0 Å². The molecule has 1 aliphatic carbocycles. The van der Waals surface area contributed by atoms with Gasteiger partial charge in [-0.25, -0.2) is 0 Å². The lowest BCUT2D eigenvalue weighted by atomic mass is 9.80. The zero-order valence-electron chi connectivity index (χ0n) is 10.3. The lowest BCUT2D eigenvalue weighted by Crippen LogP contribution is -2.24. The van der Waals surface area contributed by atoms with Crippen LogP contribution < -0.4 is 5.73 Å². The summed E-state index contributed by atoms with van der Waals surface area (Å²) in [6, 6.07) is -0.163. The highest BCUT2D eigenvalue weighted by Crippen LogP contribution is 2.32. The van der Waals surface area contributed by atoms with Gasteiger partial charge in [0.25, 0.3) is 0 Å². The van der Waals surface area contributed by atoms with E-state index in [9.17, 15) is 4.79 Å². The van der Waals surface area contributed by atoms with Crippen molar-refractivity contribution in [1.29, 1.82) is 0 Å². The number of nitrogens with two attached hydrogens (primary N) is 1. The van der Waals surface area contributed by atoms with Gasteiger partial charge in [0, 0.05) is 6.04 Å². The van der Waals surface area contributed by atoms with Crippen LogP contribution in [0.5, 0.6) is 0 Å². The van der Waals surface area contributed by atoms with E-state index in [4.69, 9.17) is 10.8 Å². The maximum atomic E-state index is 10.4. The molecule has 0 spiro atoms. The minimum Gasteiger partial charge on any atom is -0.481 e. The van der Waals surface area contributed by atoms with Crippen molar-refractivity contribution in [3.63, 3.8) is 0 Å². The van der Waals surface area contributed by atoms with E-state index in [0.717, 1.165) is 18.8 Å². The summed E-state index contributed by atoms with van der Waals surface area (Å²) in [6.45, 7) is 2.26. The van der Waals surface area contributed by atoms with Gasteiger partial charge in [-0.1, -0.05) is 39.0 Å². The van der Waals surface area contributed by atoms with Crippen molar-refractivity contribution < 1.29 is 9.90 Å². The zero-order valence-corrected chi connectivity index (χ0v) is 10.3. The van der Waals surface area contributed by atoms with E-state index in [2.05, 4.69) is 6.92 Å². The van der Waals surface area contributed by atoms with Crippen molar-refractivity contribution in [2.24, 2.45) is 17.6 Å². The first-order valence-corrected chi connectivity index (χ1v) is 6.55. The van der Waals surface area contributed by atoms with E-state index < -0.39 is 5.97 Å². The Hall–Kier alpha value is -0.570. The summed E-state index contributed by atoms with van der Waals surface area (Å²) in [7, 11) is 0. The molecule has 0 aromatic carbocycles. The van der Waals surface area contributed by atoms with E-state index >= 15 is 0 Å². The highest BCUT2D eigenvalue weighted by Gasteiger charge is 2.18. The third-order valence-electron chi connectivity index (χ3n) is 3.76. The van der Waals surface area contributed by atoms with Crippen molar-refractivity contribution in [2.75, 3.05) is 0 Å². The highest BCUT2D eigenvalue weighted by atomic mass is 16.4. The summed E-state index contributed by atoms with van der Waals surface area (Å²) in [5.74, 6) is 0.894. The maximum absolute atomic E-state index is 10.4. The summed E-state index contributed by atoms with van der Waals surface area (Å²) < 4.78 is 0. The van der Waals surface area contributed by atoms with Crippen LogP contribution in [0.1, 0.15) is 58.3 Å². The van der Waals surface area contributed by atoms with Gasteiger partial charge < -0.3 is 10.8 Å². The molecule has 1 saturated carbocycles. The van der Waals surface area contributed by atoms with Crippen LogP contribution >= 0.6 is 0 Å². The Balaban J connectivity index is 1.99. The molecule has 0 aliphatic heterocycles. The molecule has 16 heavy (non-hydrogen) atoms. The molecule has 0 amide bonds. The summed E-state index contributed by atoms with van der Waals surface area (Å²) >= 11 is 0. The second-order valence-electron chi connectivity index (χ2n) is 5.41. The molecule has 0 radical (unpaired) electrons. The number of hydrogen-bond acceptors (Lipinski definition) is 2. The molecule has 3 heteroatoms. The molecule has 3 N–H and O–H groups in total. The summed E-state index contributed by atoms with van der Waals surface area (Å²) in [5.41, 5.74) is 5.74. The van der Waals surface area contributed by atoms with Crippen molar-refractivity contribution >= 4 is 5.97 Å². The molecule has 3 nitrogen and oxygen atoms in total. The molecule has 0 heterocycles. The summed E-state index contributed by atoms with van der Waals surface area (Å²) in [4.78, 5) is 10.4. The van der Waals surface area contributed by atoms with Gasteiger partial charge in [0.15, 0.2) is 0 Å². The molecule has 1 aliphatic rings. The molecule has 0 bridgehead atoms.